The third kappa shape index (κ3) is 4.69. The third-order valence-electron chi connectivity index (χ3n) is 7.36. The maximum absolute atomic E-state index is 13.6. The molecule has 0 amide bonds. The molecule has 7 heteroatoms. The number of hydrogen-bond acceptors (Lipinski definition) is 5. The molecule has 5 rings (SSSR count). The van der Waals surface area contributed by atoms with Gasteiger partial charge >= 0.3 is 0 Å². The van der Waals surface area contributed by atoms with Gasteiger partial charge in [0.2, 0.25) is 5.88 Å². The Morgan fingerprint density at radius 3 is 2.51 bits per heavy atom. The lowest BCUT2D eigenvalue weighted by atomic mass is 9.90. The van der Waals surface area contributed by atoms with Crippen LogP contribution < -0.4 is 10.3 Å². The molecule has 0 unspecified atom stereocenters. The summed E-state index contributed by atoms with van der Waals surface area (Å²) in [4.78, 5) is 25.5. The van der Waals surface area contributed by atoms with Gasteiger partial charge in [0.25, 0.3) is 5.56 Å². The fourth-order valence-electron chi connectivity index (χ4n) is 5.49. The molecule has 0 N–H and O–H groups in total. The number of fused-ring (bicyclic) bond motifs is 3. The fraction of sp³-hybridized carbons (Fsp3) is 0.464. The average Bonchev–Trinajstić information content (AvgIpc) is 3.24. The van der Waals surface area contributed by atoms with Crippen LogP contribution in [0.1, 0.15) is 43.3 Å². The molecule has 0 atom stereocenters. The summed E-state index contributed by atoms with van der Waals surface area (Å²) in [5.41, 5.74) is 4.40. The first-order valence-electron chi connectivity index (χ1n) is 12.8. The lowest BCUT2D eigenvalue weighted by Gasteiger charge is -2.32. The minimum absolute atomic E-state index is 0.00994. The van der Waals surface area contributed by atoms with Gasteiger partial charge in [-0.2, -0.15) is 4.98 Å². The predicted octanol–water partition coefficient (Wildman–Crippen LogP) is 4.27. The van der Waals surface area contributed by atoms with Crippen molar-refractivity contribution in [3.05, 3.63) is 69.9 Å². The van der Waals surface area contributed by atoms with E-state index in [2.05, 4.69) is 47.1 Å². The summed E-state index contributed by atoms with van der Waals surface area (Å²) in [6.45, 7) is 7.88. The van der Waals surface area contributed by atoms with Crippen molar-refractivity contribution in [2.24, 2.45) is 5.92 Å². The number of rotatable bonds is 8. The van der Waals surface area contributed by atoms with E-state index < -0.39 is 0 Å². The minimum atomic E-state index is 0.00994. The Bertz CT molecular complexity index is 1370. The Labute approximate surface area is 206 Å². The Balaban J connectivity index is 1.31. The Kier molecular flexibility index (Phi) is 6.86. The van der Waals surface area contributed by atoms with Crippen LogP contribution in [0.2, 0.25) is 0 Å². The Morgan fingerprint density at radius 1 is 1.03 bits per heavy atom. The Hall–Kier alpha value is -3.19. The number of nitrogens with zero attached hydrogens (tertiary/aromatic N) is 5. The highest BCUT2D eigenvalue weighted by molar-refractivity contribution is 5.77. The van der Waals surface area contributed by atoms with Crippen LogP contribution in [-0.2, 0) is 19.4 Å². The summed E-state index contributed by atoms with van der Waals surface area (Å²) in [6.07, 6.45) is 5.31. The number of hydrogen-bond donors (Lipinski definition) is 0. The number of ether oxygens (including phenoxy) is 1. The van der Waals surface area contributed by atoms with Gasteiger partial charge in [-0.1, -0.05) is 37.3 Å². The van der Waals surface area contributed by atoms with Gasteiger partial charge < -0.3 is 14.2 Å². The molecule has 35 heavy (non-hydrogen) atoms. The SMILES string of the molecule is CCc1nc(C)c2c(=O)n(CCCN3CCC(Cc4ccccc4)CC3)c3ccc(OC)nc3n12. The zero-order valence-electron chi connectivity index (χ0n) is 21.0. The van der Waals surface area contributed by atoms with Gasteiger partial charge in [0, 0.05) is 19.0 Å². The van der Waals surface area contributed by atoms with Crippen molar-refractivity contribution in [2.45, 2.75) is 52.5 Å². The van der Waals surface area contributed by atoms with Crippen LogP contribution in [0.15, 0.2) is 47.3 Å². The van der Waals surface area contributed by atoms with Gasteiger partial charge in [-0.15, -0.1) is 0 Å². The molecule has 4 aromatic rings. The van der Waals surface area contributed by atoms with E-state index in [0.29, 0.717) is 17.9 Å². The number of likely N-dealkylation sites (tertiary alicyclic amines) is 1. The van der Waals surface area contributed by atoms with Crippen molar-refractivity contribution in [1.82, 2.24) is 23.8 Å². The summed E-state index contributed by atoms with van der Waals surface area (Å²) in [5.74, 6) is 2.16. The number of aryl methyl sites for hydroxylation is 3. The monoisotopic (exact) mass is 473 g/mol. The molecule has 3 aromatic heterocycles. The fourth-order valence-corrected chi connectivity index (χ4v) is 5.49. The molecule has 1 aliphatic heterocycles. The zero-order chi connectivity index (χ0) is 24.4. The lowest BCUT2D eigenvalue weighted by molar-refractivity contribution is 0.180. The van der Waals surface area contributed by atoms with Crippen LogP contribution in [0.4, 0.5) is 0 Å². The standard InChI is InChI=1S/C28H35N5O2/c1-4-24-29-20(2)26-28(34)32(23-11-12-25(35-3)30-27(23)33(24)26)16-8-15-31-17-13-22(14-18-31)19-21-9-6-5-7-10-21/h5-7,9-12,22H,4,8,13-19H2,1-3H3. The van der Waals surface area contributed by atoms with Crippen LogP contribution >= 0.6 is 0 Å². The largest absolute Gasteiger partial charge is 0.481 e. The molecule has 1 fully saturated rings. The molecule has 0 spiro atoms. The minimum Gasteiger partial charge on any atom is -0.481 e. The highest BCUT2D eigenvalue weighted by atomic mass is 16.5. The maximum atomic E-state index is 13.6. The van der Waals surface area contributed by atoms with Gasteiger partial charge in [-0.3, -0.25) is 9.20 Å². The number of methoxy groups -OCH3 is 1. The van der Waals surface area contributed by atoms with Crippen LogP contribution in [0.25, 0.3) is 16.7 Å². The molecule has 0 radical (unpaired) electrons. The smallest absolute Gasteiger partial charge is 0.277 e. The first-order valence-corrected chi connectivity index (χ1v) is 12.8. The molecular weight excluding hydrogens is 438 g/mol. The van der Waals surface area contributed by atoms with Crippen molar-refractivity contribution in [3.63, 3.8) is 0 Å². The van der Waals surface area contributed by atoms with E-state index in [4.69, 9.17) is 9.72 Å². The van der Waals surface area contributed by atoms with E-state index in [0.717, 1.165) is 61.1 Å². The number of pyridine rings is 1. The summed E-state index contributed by atoms with van der Waals surface area (Å²) in [6, 6.07) is 14.6. The lowest BCUT2D eigenvalue weighted by Crippen LogP contribution is -2.35. The van der Waals surface area contributed by atoms with Crippen LogP contribution in [0.5, 0.6) is 5.88 Å². The van der Waals surface area contributed by atoms with Crippen LogP contribution in [-0.4, -0.2) is 50.6 Å². The van der Waals surface area contributed by atoms with Crippen molar-refractivity contribution in [2.75, 3.05) is 26.7 Å². The molecular formula is C28H35N5O2. The second kappa shape index (κ2) is 10.2. The second-order valence-corrected chi connectivity index (χ2v) is 9.63. The van der Waals surface area contributed by atoms with Crippen LogP contribution in [0, 0.1) is 12.8 Å². The van der Waals surface area contributed by atoms with Gasteiger partial charge in [0.1, 0.15) is 11.3 Å². The summed E-state index contributed by atoms with van der Waals surface area (Å²) < 4.78 is 9.19. The van der Waals surface area contributed by atoms with Gasteiger partial charge in [0.05, 0.1) is 18.3 Å². The quantitative estimate of drug-likeness (QED) is 0.382. The van der Waals surface area contributed by atoms with Gasteiger partial charge in [-0.05, 0) is 69.8 Å². The molecule has 184 valence electrons. The molecule has 4 heterocycles. The van der Waals surface area contributed by atoms with Crippen molar-refractivity contribution in [1.29, 1.82) is 0 Å². The van der Waals surface area contributed by atoms with E-state index in [9.17, 15) is 4.79 Å². The van der Waals surface area contributed by atoms with Gasteiger partial charge in [-0.25, -0.2) is 4.98 Å². The van der Waals surface area contributed by atoms with E-state index in [1.165, 1.54) is 24.8 Å². The van der Waals surface area contributed by atoms with Crippen LogP contribution in [0.3, 0.4) is 0 Å². The molecule has 7 nitrogen and oxygen atoms in total. The molecule has 1 saturated heterocycles. The number of benzene rings is 1. The molecule has 0 bridgehead atoms. The predicted molar refractivity (Wildman–Crippen MR) is 139 cm³/mol. The number of piperidine rings is 1. The number of imidazole rings is 1. The third-order valence-corrected chi connectivity index (χ3v) is 7.36. The van der Waals surface area contributed by atoms with Crippen molar-refractivity contribution >= 4 is 16.7 Å². The summed E-state index contributed by atoms with van der Waals surface area (Å²) in [5, 5.41) is 0. The highest BCUT2D eigenvalue weighted by Gasteiger charge is 2.21. The topological polar surface area (TPSA) is 64.7 Å². The summed E-state index contributed by atoms with van der Waals surface area (Å²) >= 11 is 0. The van der Waals surface area contributed by atoms with Crippen molar-refractivity contribution in [3.8, 4) is 5.88 Å². The Morgan fingerprint density at radius 2 is 1.80 bits per heavy atom. The van der Waals surface area contributed by atoms with E-state index in [-0.39, 0.29) is 5.56 Å². The van der Waals surface area contributed by atoms with Gasteiger partial charge in [0.15, 0.2) is 5.65 Å². The van der Waals surface area contributed by atoms with Crippen molar-refractivity contribution < 1.29 is 4.74 Å². The molecule has 1 aliphatic rings. The molecule has 1 aromatic carbocycles. The summed E-state index contributed by atoms with van der Waals surface area (Å²) in [7, 11) is 1.62. The first kappa shape index (κ1) is 23.5. The maximum Gasteiger partial charge on any atom is 0.277 e. The average molecular weight is 474 g/mol. The molecule has 0 aliphatic carbocycles. The normalized spacial score (nSPS) is 15.3. The van der Waals surface area contributed by atoms with E-state index in [1.54, 1.807) is 7.11 Å². The van der Waals surface area contributed by atoms with E-state index in [1.807, 2.05) is 28.0 Å². The zero-order valence-corrected chi connectivity index (χ0v) is 21.0. The number of aromatic nitrogens is 4. The second-order valence-electron chi connectivity index (χ2n) is 9.63. The molecule has 0 saturated carbocycles. The van der Waals surface area contributed by atoms with E-state index >= 15 is 0 Å². The first-order chi connectivity index (χ1) is 17.1. The highest BCUT2D eigenvalue weighted by Crippen LogP contribution is 2.23.